The number of hydrogen-bond donors (Lipinski definition) is 1. The molecular weight excluding hydrogens is 353 g/mol. The average Bonchev–Trinajstić information content (AvgIpc) is 2.53. The molecule has 6 nitrogen and oxygen atoms in total. The molecule has 1 aliphatic rings. The summed E-state index contributed by atoms with van der Waals surface area (Å²) in [5, 5.41) is 8.86. The zero-order valence-corrected chi connectivity index (χ0v) is 14.3. The van der Waals surface area contributed by atoms with E-state index in [1.165, 1.54) is 19.1 Å². The van der Waals surface area contributed by atoms with Crippen LogP contribution in [0.4, 0.5) is 13.2 Å². The largest absolute Gasteiger partial charge is 0.480 e. The maximum Gasteiger partial charge on any atom is 0.416 e. The van der Waals surface area contributed by atoms with E-state index < -0.39 is 36.3 Å². The summed E-state index contributed by atoms with van der Waals surface area (Å²) in [6.45, 7) is 2.10. The second kappa shape index (κ2) is 8.50. The van der Waals surface area contributed by atoms with Gasteiger partial charge in [-0.2, -0.15) is 13.2 Å². The van der Waals surface area contributed by atoms with Gasteiger partial charge in [0.15, 0.2) is 0 Å². The number of alkyl halides is 3. The highest BCUT2D eigenvalue weighted by Crippen LogP contribution is 2.32. The first-order chi connectivity index (χ1) is 12.2. The van der Waals surface area contributed by atoms with Crippen molar-refractivity contribution in [2.45, 2.75) is 25.7 Å². The Morgan fingerprint density at radius 3 is 2.65 bits per heavy atom. The molecule has 2 rings (SSSR count). The van der Waals surface area contributed by atoms with Crippen LogP contribution < -0.4 is 0 Å². The van der Waals surface area contributed by atoms with Gasteiger partial charge in [0.05, 0.1) is 18.3 Å². The maximum absolute atomic E-state index is 13.1. The van der Waals surface area contributed by atoms with Gasteiger partial charge in [0.1, 0.15) is 6.54 Å². The minimum absolute atomic E-state index is 0.0824. The number of halogens is 3. The van der Waals surface area contributed by atoms with Crippen molar-refractivity contribution in [2.24, 2.45) is 0 Å². The molecule has 0 aliphatic carbocycles. The van der Waals surface area contributed by atoms with E-state index in [9.17, 15) is 22.8 Å². The van der Waals surface area contributed by atoms with Gasteiger partial charge in [0, 0.05) is 33.1 Å². The molecule has 0 bridgehead atoms. The molecule has 144 valence electrons. The Balaban J connectivity index is 2.03. The molecule has 1 N–H and O–H groups in total. The molecular formula is C17H21F3N2O4. The van der Waals surface area contributed by atoms with E-state index in [-0.39, 0.29) is 18.7 Å². The Kier molecular flexibility index (Phi) is 6.60. The fourth-order valence-corrected chi connectivity index (χ4v) is 2.92. The second-order valence-corrected chi connectivity index (χ2v) is 6.18. The Morgan fingerprint density at radius 1 is 1.35 bits per heavy atom. The summed E-state index contributed by atoms with van der Waals surface area (Å²) in [5.41, 5.74) is -0.492. The highest BCUT2D eigenvalue weighted by molar-refractivity contribution is 5.79. The standard InChI is InChI=1S/C17H21F3N2O4/c1-12(23)22(11-16(24)25)10-14-9-21(6-7-26-14)8-13-4-2-3-5-15(13)17(18,19)20/h2-5,14H,6-11H2,1H3,(H,24,25). The number of carbonyl (C=O) groups is 2. The zero-order valence-electron chi connectivity index (χ0n) is 14.3. The molecule has 1 atom stereocenters. The van der Waals surface area contributed by atoms with E-state index in [2.05, 4.69) is 0 Å². The number of morpholine rings is 1. The van der Waals surface area contributed by atoms with E-state index in [1.54, 1.807) is 6.07 Å². The first-order valence-corrected chi connectivity index (χ1v) is 8.13. The minimum atomic E-state index is -4.42. The van der Waals surface area contributed by atoms with Crippen molar-refractivity contribution < 1.29 is 32.6 Å². The Hall–Kier alpha value is -2.13. The number of carbonyl (C=O) groups excluding carboxylic acids is 1. The van der Waals surface area contributed by atoms with E-state index in [4.69, 9.17) is 9.84 Å². The van der Waals surface area contributed by atoms with Crippen LogP contribution in [0.5, 0.6) is 0 Å². The first-order valence-electron chi connectivity index (χ1n) is 8.13. The lowest BCUT2D eigenvalue weighted by Gasteiger charge is -2.35. The number of carboxylic acid groups (broad SMARTS) is 1. The number of benzene rings is 1. The Morgan fingerprint density at radius 2 is 2.04 bits per heavy atom. The van der Waals surface area contributed by atoms with Gasteiger partial charge in [-0.15, -0.1) is 0 Å². The van der Waals surface area contributed by atoms with Crippen molar-refractivity contribution in [2.75, 3.05) is 32.8 Å². The third-order valence-electron chi connectivity index (χ3n) is 4.14. The van der Waals surface area contributed by atoms with Gasteiger partial charge in [-0.05, 0) is 11.6 Å². The fraction of sp³-hybridized carbons (Fsp3) is 0.529. The summed E-state index contributed by atoms with van der Waals surface area (Å²) in [4.78, 5) is 25.4. The van der Waals surface area contributed by atoms with Crippen molar-refractivity contribution in [3.8, 4) is 0 Å². The number of rotatable bonds is 6. The topological polar surface area (TPSA) is 70.1 Å². The van der Waals surface area contributed by atoms with E-state index in [0.29, 0.717) is 19.7 Å². The summed E-state index contributed by atoms with van der Waals surface area (Å²) in [6, 6.07) is 5.41. The number of carboxylic acids is 1. The van der Waals surface area contributed by atoms with Gasteiger partial charge >= 0.3 is 12.1 Å². The Labute approximate surface area is 149 Å². The van der Waals surface area contributed by atoms with E-state index in [0.717, 1.165) is 11.0 Å². The smallest absolute Gasteiger partial charge is 0.416 e. The molecule has 1 aromatic carbocycles. The minimum Gasteiger partial charge on any atom is -0.480 e. The first kappa shape index (κ1) is 20.2. The van der Waals surface area contributed by atoms with Gasteiger partial charge in [-0.25, -0.2) is 0 Å². The van der Waals surface area contributed by atoms with Crippen LogP contribution in [0, 0.1) is 0 Å². The lowest BCUT2D eigenvalue weighted by Crippen LogP contribution is -2.49. The van der Waals surface area contributed by atoms with Crippen molar-refractivity contribution in [3.05, 3.63) is 35.4 Å². The van der Waals surface area contributed by atoms with E-state index in [1.807, 2.05) is 4.90 Å². The molecule has 1 aliphatic heterocycles. The summed E-state index contributed by atoms with van der Waals surface area (Å²) >= 11 is 0. The normalized spacial score (nSPS) is 18.5. The summed E-state index contributed by atoms with van der Waals surface area (Å²) < 4.78 is 44.9. The quantitative estimate of drug-likeness (QED) is 0.823. The average molecular weight is 374 g/mol. The molecule has 0 aromatic heterocycles. The van der Waals surface area contributed by atoms with Gasteiger partial charge in [0.25, 0.3) is 0 Å². The Bertz CT molecular complexity index is 651. The fourth-order valence-electron chi connectivity index (χ4n) is 2.92. The van der Waals surface area contributed by atoms with Crippen molar-refractivity contribution in [3.63, 3.8) is 0 Å². The molecule has 1 heterocycles. The monoisotopic (exact) mass is 374 g/mol. The third-order valence-corrected chi connectivity index (χ3v) is 4.14. The number of ether oxygens (including phenoxy) is 1. The number of amides is 1. The maximum atomic E-state index is 13.1. The van der Waals surface area contributed by atoms with Gasteiger partial charge in [0.2, 0.25) is 5.91 Å². The molecule has 9 heteroatoms. The van der Waals surface area contributed by atoms with Crippen molar-refractivity contribution >= 4 is 11.9 Å². The van der Waals surface area contributed by atoms with Crippen LogP contribution in [-0.4, -0.2) is 65.7 Å². The lowest BCUT2D eigenvalue weighted by atomic mass is 10.1. The van der Waals surface area contributed by atoms with Crippen LogP contribution in [-0.2, 0) is 27.0 Å². The number of nitrogens with zero attached hydrogens (tertiary/aromatic N) is 2. The molecule has 1 fully saturated rings. The predicted octanol–water partition coefficient (Wildman–Crippen LogP) is 1.84. The van der Waals surface area contributed by atoms with Gasteiger partial charge in [-0.3, -0.25) is 14.5 Å². The highest BCUT2D eigenvalue weighted by Gasteiger charge is 2.34. The van der Waals surface area contributed by atoms with Crippen LogP contribution in [0.25, 0.3) is 0 Å². The van der Waals surface area contributed by atoms with E-state index >= 15 is 0 Å². The summed E-state index contributed by atoms with van der Waals surface area (Å²) in [7, 11) is 0. The van der Waals surface area contributed by atoms with Crippen LogP contribution in [0.1, 0.15) is 18.1 Å². The zero-order chi connectivity index (χ0) is 19.3. The molecule has 0 radical (unpaired) electrons. The summed E-state index contributed by atoms with van der Waals surface area (Å²) in [6.07, 6.45) is -4.88. The molecule has 0 spiro atoms. The molecule has 1 aromatic rings. The van der Waals surface area contributed by atoms with Crippen molar-refractivity contribution in [1.82, 2.24) is 9.80 Å². The molecule has 1 saturated heterocycles. The summed E-state index contributed by atoms with van der Waals surface area (Å²) in [5.74, 6) is -1.53. The predicted molar refractivity (Wildman–Crippen MR) is 86.4 cm³/mol. The lowest BCUT2D eigenvalue weighted by molar-refractivity contribution is -0.145. The van der Waals surface area contributed by atoms with Crippen molar-refractivity contribution in [1.29, 1.82) is 0 Å². The molecule has 0 saturated carbocycles. The molecule has 26 heavy (non-hydrogen) atoms. The van der Waals surface area contributed by atoms with Crippen LogP contribution in [0.3, 0.4) is 0 Å². The number of aliphatic carboxylic acids is 1. The highest BCUT2D eigenvalue weighted by atomic mass is 19.4. The van der Waals surface area contributed by atoms with Crippen LogP contribution in [0.15, 0.2) is 24.3 Å². The van der Waals surface area contributed by atoms with Crippen LogP contribution >= 0.6 is 0 Å². The molecule has 1 amide bonds. The van der Waals surface area contributed by atoms with Gasteiger partial charge < -0.3 is 14.7 Å². The molecule has 1 unspecified atom stereocenters. The SMILES string of the molecule is CC(=O)N(CC(=O)O)CC1CN(Cc2ccccc2C(F)(F)F)CCO1. The van der Waals surface area contributed by atoms with Crippen LogP contribution in [0.2, 0.25) is 0 Å². The second-order valence-electron chi connectivity index (χ2n) is 6.18. The number of hydrogen-bond acceptors (Lipinski definition) is 4. The van der Waals surface area contributed by atoms with Gasteiger partial charge in [-0.1, -0.05) is 18.2 Å². The third kappa shape index (κ3) is 5.70.